The third-order valence-corrected chi connectivity index (χ3v) is 5.01. The molecule has 2 N–H and O–H groups in total. The Bertz CT molecular complexity index is 767. The summed E-state index contributed by atoms with van der Waals surface area (Å²) < 4.78 is 6.02. The van der Waals surface area contributed by atoms with Crippen LogP contribution in [0.4, 0.5) is 11.9 Å². The standard InChI is InChI=1S/C17H22Cl2N6O/c1-3-14(26-11-4-5-12(18)13(19)10-11)15-21-16(20)23-17(22-15)25-8-6-24(2)7-9-25/h4-5,10,14H,3,6-9H2,1-2H3,(H2,20,21,22,23). The minimum Gasteiger partial charge on any atom is -0.482 e. The van der Waals surface area contributed by atoms with Gasteiger partial charge in [0.2, 0.25) is 11.9 Å². The first kappa shape index (κ1) is 18.9. The lowest BCUT2D eigenvalue weighted by Gasteiger charge is -2.32. The van der Waals surface area contributed by atoms with Crippen molar-refractivity contribution in [1.29, 1.82) is 0 Å². The largest absolute Gasteiger partial charge is 0.482 e. The zero-order valence-electron chi connectivity index (χ0n) is 14.8. The van der Waals surface area contributed by atoms with Crippen molar-refractivity contribution in [2.75, 3.05) is 43.9 Å². The molecule has 0 radical (unpaired) electrons. The van der Waals surface area contributed by atoms with Crippen molar-refractivity contribution in [3.8, 4) is 5.75 Å². The molecule has 0 bridgehead atoms. The van der Waals surface area contributed by atoms with Gasteiger partial charge in [0.1, 0.15) is 5.75 Å². The van der Waals surface area contributed by atoms with Crippen LogP contribution in [0.25, 0.3) is 0 Å². The number of benzene rings is 1. The summed E-state index contributed by atoms with van der Waals surface area (Å²) in [6.07, 6.45) is 0.315. The number of anilines is 2. The Morgan fingerprint density at radius 3 is 2.50 bits per heavy atom. The smallest absolute Gasteiger partial charge is 0.230 e. The number of nitrogens with zero attached hydrogens (tertiary/aromatic N) is 5. The van der Waals surface area contributed by atoms with Crippen molar-refractivity contribution in [1.82, 2.24) is 19.9 Å². The lowest BCUT2D eigenvalue weighted by molar-refractivity contribution is 0.191. The van der Waals surface area contributed by atoms with E-state index in [0.29, 0.717) is 34.0 Å². The highest BCUT2D eigenvalue weighted by Gasteiger charge is 2.22. The van der Waals surface area contributed by atoms with E-state index < -0.39 is 0 Å². The van der Waals surface area contributed by atoms with Crippen LogP contribution in [-0.2, 0) is 0 Å². The number of nitrogens with two attached hydrogens (primary N) is 1. The zero-order chi connectivity index (χ0) is 18.7. The first-order valence-electron chi connectivity index (χ1n) is 8.53. The zero-order valence-corrected chi connectivity index (χ0v) is 16.3. The van der Waals surface area contributed by atoms with Crippen LogP contribution in [0.5, 0.6) is 5.75 Å². The molecule has 9 heteroatoms. The van der Waals surface area contributed by atoms with E-state index in [9.17, 15) is 0 Å². The van der Waals surface area contributed by atoms with Crippen LogP contribution in [0.15, 0.2) is 18.2 Å². The topological polar surface area (TPSA) is 80.4 Å². The van der Waals surface area contributed by atoms with Crippen LogP contribution < -0.4 is 15.4 Å². The van der Waals surface area contributed by atoms with Gasteiger partial charge in [-0.15, -0.1) is 0 Å². The van der Waals surface area contributed by atoms with Gasteiger partial charge < -0.3 is 20.3 Å². The number of nitrogen functional groups attached to an aromatic ring is 1. The van der Waals surface area contributed by atoms with Gasteiger partial charge in [-0.3, -0.25) is 0 Å². The Morgan fingerprint density at radius 1 is 1.12 bits per heavy atom. The van der Waals surface area contributed by atoms with Crippen LogP contribution in [0.2, 0.25) is 10.0 Å². The van der Waals surface area contributed by atoms with Gasteiger partial charge in [0.25, 0.3) is 0 Å². The van der Waals surface area contributed by atoms with Crippen molar-refractivity contribution in [3.05, 3.63) is 34.1 Å². The summed E-state index contributed by atoms with van der Waals surface area (Å²) in [6.45, 7) is 5.61. The molecule has 0 saturated carbocycles. The molecule has 140 valence electrons. The van der Waals surface area contributed by atoms with Gasteiger partial charge in [-0.25, -0.2) is 0 Å². The highest BCUT2D eigenvalue weighted by Crippen LogP contribution is 2.30. The van der Waals surface area contributed by atoms with E-state index >= 15 is 0 Å². The van der Waals surface area contributed by atoms with Crippen molar-refractivity contribution < 1.29 is 4.74 Å². The Kier molecular flexibility index (Phi) is 6.01. The van der Waals surface area contributed by atoms with Gasteiger partial charge in [-0.1, -0.05) is 30.1 Å². The molecule has 0 spiro atoms. The summed E-state index contributed by atoms with van der Waals surface area (Å²) >= 11 is 12.0. The Balaban J connectivity index is 1.82. The molecule has 1 unspecified atom stereocenters. The normalized spacial score (nSPS) is 16.5. The van der Waals surface area contributed by atoms with Gasteiger partial charge >= 0.3 is 0 Å². The predicted molar refractivity (Wildman–Crippen MR) is 104 cm³/mol. The van der Waals surface area contributed by atoms with E-state index in [4.69, 9.17) is 33.7 Å². The molecule has 1 aromatic heterocycles. The summed E-state index contributed by atoms with van der Waals surface area (Å²) in [5.41, 5.74) is 5.93. The molecule has 1 fully saturated rings. The maximum absolute atomic E-state index is 6.07. The molecule has 2 heterocycles. The Morgan fingerprint density at radius 2 is 1.85 bits per heavy atom. The maximum Gasteiger partial charge on any atom is 0.230 e. The first-order valence-corrected chi connectivity index (χ1v) is 9.28. The molecule has 0 aliphatic carbocycles. The van der Waals surface area contributed by atoms with Gasteiger partial charge in [0, 0.05) is 32.2 Å². The first-order chi connectivity index (χ1) is 12.5. The van der Waals surface area contributed by atoms with E-state index in [1.165, 1.54) is 0 Å². The molecule has 26 heavy (non-hydrogen) atoms. The molecule has 3 rings (SSSR count). The number of ether oxygens (including phenoxy) is 1. The summed E-state index contributed by atoms with van der Waals surface area (Å²) in [5.74, 6) is 1.91. The fourth-order valence-corrected chi connectivity index (χ4v) is 3.01. The molecule has 1 aromatic carbocycles. The fraction of sp³-hybridized carbons (Fsp3) is 0.471. The highest BCUT2D eigenvalue weighted by molar-refractivity contribution is 6.42. The van der Waals surface area contributed by atoms with E-state index in [1.807, 2.05) is 6.92 Å². The van der Waals surface area contributed by atoms with Crippen molar-refractivity contribution in [3.63, 3.8) is 0 Å². The third-order valence-electron chi connectivity index (χ3n) is 4.27. The molecule has 2 aromatic rings. The van der Waals surface area contributed by atoms with Crippen molar-refractivity contribution in [2.24, 2.45) is 0 Å². The van der Waals surface area contributed by atoms with Crippen molar-refractivity contribution >= 4 is 35.1 Å². The fourth-order valence-electron chi connectivity index (χ4n) is 2.72. The average molecular weight is 397 g/mol. The van der Waals surface area contributed by atoms with Crippen LogP contribution in [0.3, 0.4) is 0 Å². The van der Waals surface area contributed by atoms with Gasteiger partial charge in [-0.05, 0) is 25.6 Å². The number of halogens is 2. The van der Waals surface area contributed by atoms with E-state index in [0.717, 1.165) is 26.2 Å². The quantitative estimate of drug-likeness (QED) is 0.831. The molecule has 1 aliphatic heterocycles. The second-order valence-corrected chi connectivity index (χ2v) is 7.05. The van der Waals surface area contributed by atoms with Crippen LogP contribution in [0.1, 0.15) is 25.3 Å². The number of hydrogen-bond donors (Lipinski definition) is 1. The predicted octanol–water partition coefficient (Wildman–Crippen LogP) is 3.04. The molecular weight excluding hydrogens is 375 g/mol. The third kappa shape index (κ3) is 4.47. The second kappa shape index (κ2) is 8.24. The SMILES string of the molecule is CCC(Oc1ccc(Cl)c(Cl)c1)c1nc(N)nc(N2CCN(C)CC2)n1. The molecule has 7 nitrogen and oxygen atoms in total. The van der Waals surface area contributed by atoms with Crippen LogP contribution in [0, 0.1) is 0 Å². The average Bonchev–Trinajstić information content (AvgIpc) is 2.62. The van der Waals surface area contributed by atoms with E-state index in [1.54, 1.807) is 18.2 Å². The molecule has 1 aliphatic rings. The summed E-state index contributed by atoms with van der Waals surface area (Å²) in [6, 6.07) is 5.14. The molecular formula is C17H22Cl2N6O. The van der Waals surface area contributed by atoms with Gasteiger partial charge in [0.05, 0.1) is 10.0 Å². The number of rotatable bonds is 5. The molecule has 1 saturated heterocycles. The minimum absolute atomic E-state index is 0.195. The van der Waals surface area contributed by atoms with E-state index in [-0.39, 0.29) is 12.1 Å². The lowest BCUT2D eigenvalue weighted by atomic mass is 10.2. The van der Waals surface area contributed by atoms with Gasteiger partial charge in [0.15, 0.2) is 11.9 Å². The number of hydrogen-bond acceptors (Lipinski definition) is 7. The highest BCUT2D eigenvalue weighted by atomic mass is 35.5. The summed E-state index contributed by atoms with van der Waals surface area (Å²) in [4.78, 5) is 17.6. The number of piperazine rings is 1. The van der Waals surface area contributed by atoms with Crippen LogP contribution in [-0.4, -0.2) is 53.1 Å². The summed E-state index contributed by atoms with van der Waals surface area (Å²) in [7, 11) is 2.10. The summed E-state index contributed by atoms with van der Waals surface area (Å²) in [5, 5.41) is 0.918. The Labute approximate surface area is 163 Å². The Hall–Kier alpha value is -1.83. The van der Waals surface area contributed by atoms with Gasteiger partial charge in [-0.2, -0.15) is 15.0 Å². The lowest BCUT2D eigenvalue weighted by Crippen LogP contribution is -2.45. The maximum atomic E-state index is 6.07. The number of likely N-dealkylation sites (N-methyl/N-ethyl adjacent to an activating group) is 1. The monoisotopic (exact) mass is 396 g/mol. The number of aromatic nitrogens is 3. The van der Waals surface area contributed by atoms with E-state index in [2.05, 4.69) is 31.8 Å². The second-order valence-electron chi connectivity index (χ2n) is 6.23. The molecule has 0 amide bonds. The van der Waals surface area contributed by atoms with Crippen LogP contribution >= 0.6 is 23.2 Å². The minimum atomic E-state index is -0.358. The van der Waals surface area contributed by atoms with Crippen molar-refractivity contribution in [2.45, 2.75) is 19.4 Å². The molecule has 1 atom stereocenters.